The lowest BCUT2D eigenvalue weighted by molar-refractivity contribution is 0.769. The fraction of sp³-hybridized carbons (Fsp3) is 0.0159. The van der Waals surface area contributed by atoms with Gasteiger partial charge in [0.1, 0.15) is 0 Å². The van der Waals surface area contributed by atoms with E-state index in [1.165, 1.54) is 87.9 Å². The van der Waals surface area contributed by atoms with Crippen LogP contribution in [0.5, 0.6) is 0 Å². The standard InChI is InChI=1S/C63H42N2/c1-4-19-46(20-5-1)63(47-21-6-2-7-22-47)56-29-14-12-26-52(56)53-40-37-45(42-57(53)63)43-34-38-49(39-35-43)65(58-31-16-28-51-50-25-11-10-18-44(50)36-41-54(51)58)61-33-17-32-60-62(61)55-27-13-15-30-59(55)64(60)48-23-8-3-9-24-48/h1-42H. The summed E-state index contributed by atoms with van der Waals surface area (Å²) in [7, 11) is 0. The maximum absolute atomic E-state index is 2.49. The number of fused-ring (bicyclic) bond motifs is 9. The molecular formula is C63H42N2. The van der Waals surface area contributed by atoms with Crippen LogP contribution in [-0.4, -0.2) is 4.57 Å². The number of rotatable bonds is 7. The summed E-state index contributed by atoms with van der Waals surface area (Å²) in [4.78, 5) is 2.49. The average Bonchev–Trinajstić information content (AvgIpc) is 3.88. The summed E-state index contributed by atoms with van der Waals surface area (Å²) in [6.07, 6.45) is 0. The van der Waals surface area contributed by atoms with Crippen molar-refractivity contribution < 1.29 is 0 Å². The molecule has 0 bridgehead atoms. The molecule has 11 aromatic carbocycles. The molecule has 12 aromatic rings. The molecule has 0 radical (unpaired) electrons. The van der Waals surface area contributed by atoms with Crippen molar-refractivity contribution in [2.45, 2.75) is 5.41 Å². The van der Waals surface area contributed by atoms with E-state index in [-0.39, 0.29) is 0 Å². The van der Waals surface area contributed by atoms with Crippen molar-refractivity contribution in [3.8, 4) is 27.9 Å². The van der Waals surface area contributed by atoms with Crippen LogP contribution in [0, 0.1) is 0 Å². The Morgan fingerprint density at radius 3 is 1.71 bits per heavy atom. The molecule has 0 unspecified atom stereocenters. The van der Waals surface area contributed by atoms with E-state index in [0.717, 1.165) is 22.7 Å². The summed E-state index contributed by atoms with van der Waals surface area (Å²) < 4.78 is 2.41. The van der Waals surface area contributed by atoms with Crippen molar-refractivity contribution in [3.63, 3.8) is 0 Å². The van der Waals surface area contributed by atoms with E-state index in [2.05, 4.69) is 264 Å². The minimum Gasteiger partial charge on any atom is -0.309 e. The largest absolute Gasteiger partial charge is 0.309 e. The number of benzene rings is 11. The van der Waals surface area contributed by atoms with Crippen molar-refractivity contribution in [2.75, 3.05) is 4.90 Å². The Balaban J connectivity index is 1.02. The van der Waals surface area contributed by atoms with Gasteiger partial charge in [0, 0.05) is 27.5 Å². The molecule has 0 amide bonds. The van der Waals surface area contributed by atoms with Crippen LogP contribution in [0.25, 0.3) is 71.3 Å². The Kier molecular flexibility index (Phi) is 8.47. The zero-order valence-corrected chi connectivity index (χ0v) is 35.6. The first-order chi connectivity index (χ1) is 32.3. The Morgan fingerprint density at radius 1 is 0.338 bits per heavy atom. The summed E-state index contributed by atoms with van der Waals surface area (Å²) in [5.74, 6) is 0. The lowest BCUT2D eigenvalue weighted by atomic mass is 9.67. The maximum Gasteiger partial charge on any atom is 0.0713 e. The first-order valence-electron chi connectivity index (χ1n) is 22.5. The van der Waals surface area contributed by atoms with Crippen LogP contribution in [0.3, 0.4) is 0 Å². The molecule has 1 heterocycles. The van der Waals surface area contributed by atoms with Crippen LogP contribution in [-0.2, 0) is 5.41 Å². The molecule has 0 aliphatic heterocycles. The molecule has 0 fully saturated rings. The monoisotopic (exact) mass is 826 g/mol. The van der Waals surface area contributed by atoms with Crippen LogP contribution in [0.4, 0.5) is 17.1 Å². The molecule has 0 N–H and O–H groups in total. The topological polar surface area (TPSA) is 8.17 Å². The summed E-state index contributed by atoms with van der Waals surface area (Å²) in [6.45, 7) is 0. The Labute approximate surface area is 378 Å². The van der Waals surface area contributed by atoms with Gasteiger partial charge in [-0.3, -0.25) is 0 Å². The van der Waals surface area contributed by atoms with Gasteiger partial charge >= 0.3 is 0 Å². The Morgan fingerprint density at radius 2 is 0.923 bits per heavy atom. The van der Waals surface area contributed by atoms with Gasteiger partial charge in [0.2, 0.25) is 0 Å². The smallest absolute Gasteiger partial charge is 0.0713 e. The molecular weight excluding hydrogens is 785 g/mol. The van der Waals surface area contributed by atoms with Crippen molar-refractivity contribution in [1.82, 2.24) is 4.57 Å². The molecule has 1 aliphatic carbocycles. The third kappa shape index (κ3) is 5.60. The first kappa shape index (κ1) is 37.1. The minimum absolute atomic E-state index is 0.461. The van der Waals surface area contributed by atoms with E-state index in [9.17, 15) is 0 Å². The fourth-order valence-corrected chi connectivity index (χ4v) is 11.1. The van der Waals surface area contributed by atoms with E-state index in [1.807, 2.05) is 0 Å². The third-order valence-electron chi connectivity index (χ3n) is 13.9. The van der Waals surface area contributed by atoms with Gasteiger partial charge in [-0.25, -0.2) is 0 Å². The Hall–Kier alpha value is -8.46. The van der Waals surface area contributed by atoms with Crippen molar-refractivity contribution in [1.29, 1.82) is 0 Å². The normalized spacial score (nSPS) is 12.7. The zero-order valence-electron chi connectivity index (χ0n) is 35.6. The van der Waals surface area contributed by atoms with Crippen LogP contribution < -0.4 is 4.90 Å². The van der Waals surface area contributed by atoms with Gasteiger partial charge in [-0.05, 0) is 115 Å². The third-order valence-corrected chi connectivity index (χ3v) is 13.9. The highest BCUT2D eigenvalue weighted by Crippen LogP contribution is 2.57. The number of nitrogens with zero attached hydrogens (tertiary/aromatic N) is 2. The summed E-state index contributed by atoms with van der Waals surface area (Å²) >= 11 is 0. The van der Waals surface area contributed by atoms with Gasteiger partial charge in [0.05, 0.1) is 27.8 Å². The van der Waals surface area contributed by atoms with E-state index < -0.39 is 5.41 Å². The van der Waals surface area contributed by atoms with Gasteiger partial charge < -0.3 is 9.47 Å². The number of para-hydroxylation sites is 2. The van der Waals surface area contributed by atoms with Gasteiger partial charge in [0.15, 0.2) is 0 Å². The predicted octanol–water partition coefficient (Wildman–Crippen LogP) is 16.6. The first-order valence-corrected chi connectivity index (χ1v) is 22.5. The van der Waals surface area contributed by atoms with Crippen LogP contribution >= 0.6 is 0 Å². The highest BCUT2D eigenvalue weighted by Gasteiger charge is 2.46. The van der Waals surface area contributed by atoms with Crippen molar-refractivity contribution in [3.05, 3.63) is 277 Å². The second kappa shape index (κ2) is 14.8. The molecule has 1 aliphatic rings. The van der Waals surface area contributed by atoms with E-state index >= 15 is 0 Å². The number of anilines is 3. The Bertz CT molecular complexity index is 3720. The summed E-state index contributed by atoms with van der Waals surface area (Å²) in [5.41, 5.74) is 16.5. The molecule has 2 heteroatoms. The lowest BCUT2D eigenvalue weighted by Crippen LogP contribution is -2.28. The quantitative estimate of drug-likeness (QED) is 0.145. The lowest BCUT2D eigenvalue weighted by Gasteiger charge is -2.34. The van der Waals surface area contributed by atoms with Gasteiger partial charge in [0.25, 0.3) is 0 Å². The van der Waals surface area contributed by atoms with E-state index in [1.54, 1.807) is 0 Å². The number of aromatic nitrogens is 1. The molecule has 13 rings (SSSR count). The molecule has 1 aromatic heterocycles. The van der Waals surface area contributed by atoms with Crippen LogP contribution in [0.15, 0.2) is 255 Å². The molecule has 2 nitrogen and oxygen atoms in total. The highest BCUT2D eigenvalue weighted by atomic mass is 15.1. The SMILES string of the molecule is c1ccc(-n2c3ccccc3c3c(N(c4ccc(-c5ccc6c(c5)C(c5ccccc5)(c5ccccc5)c5ccccc5-6)cc4)c4cccc5c4ccc4ccccc45)cccc32)cc1. The van der Waals surface area contributed by atoms with Gasteiger partial charge in [-0.2, -0.15) is 0 Å². The zero-order chi connectivity index (χ0) is 42.9. The molecule has 0 saturated heterocycles. The average molecular weight is 827 g/mol. The molecule has 0 spiro atoms. The fourth-order valence-electron chi connectivity index (χ4n) is 11.1. The summed E-state index contributed by atoms with van der Waals surface area (Å²) in [5, 5.41) is 7.36. The van der Waals surface area contributed by atoms with Crippen molar-refractivity contribution in [2.24, 2.45) is 0 Å². The number of hydrogen-bond acceptors (Lipinski definition) is 1. The molecule has 0 atom stereocenters. The van der Waals surface area contributed by atoms with Crippen LogP contribution in [0.2, 0.25) is 0 Å². The molecule has 304 valence electrons. The molecule has 65 heavy (non-hydrogen) atoms. The number of hydrogen-bond donors (Lipinski definition) is 0. The maximum atomic E-state index is 2.49. The minimum atomic E-state index is -0.461. The summed E-state index contributed by atoms with van der Waals surface area (Å²) in [6, 6.07) is 93.8. The predicted molar refractivity (Wildman–Crippen MR) is 273 cm³/mol. The molecule has 0 saturated carbocycles. The van der Waals surface area contributed by atoms with Crippen LogP contribution in [0.1, 0.15) is 22.3 Å². The van der Waals surface area contributed by atoms with Gasteiger partial charge in [-0.15, -0.1) is 0 Å². The highest BCUT2D eigenvalue weighted by molar-refractivity contribution is 6.19. The van der Waals surface area contributed by atoms with Gasteiger partial charge in [-0.1, -0.05) is 200 Å². The van der Waals surface area contributed by atoms with Crippen molar-refractivity contribution >= 4 is 60.4 Å². The second-order valence-corrected chi connectivity index (χ2v) is 17.2. The van der Waals surface area contributed by atoms with E-state index in [0.29, 0.717) is 0 Å². The van der Waals surface area contributed by atoms with E-state index in [4.69, 9.17) is 0 Å². The second-order valence-electron chi connectivity index (χ2n) is 17.2.